The summed E-state index contributed by atoms with van der Waals surface area (Å²) in [6.07, 6.45) is 5.36. The van der Waals surface area contributed by atoms with Crippen molar-refractivity contribution in [1.82, 2.24) is 15.0 Å². The van der Waals surface area contributed by atoms with Crippen LogP contribution in [0.3, 0.4) is 0 Å². The topological polar surface area (TPSA) is 60.2 Å². The van der Waals surface area contributed by atoms with Crippen LogP contribution < -0.4 is 4.74 Å². The number of likely N-dealkylation sites (tertiary alicyclic amines) is 1. The lowest BCUT2D eigenvalue weighted by atomic mass is 9.91. The standard InChI is InChI=1S/C29H39N3O4/c1-31(2)20-25-27(33-17-14-22-6-4-3-5-7-22)11-9-24-26(30-36-29(24)25)10-8-23-12-15-32(16-13-23)21-28-34-18-19-35-28/h3-7,9,11,23,28H,8,10,12-21H2,1-2H3. The first kappa shape index (κ1) is 25.2. The number of aromatic nitrogens is 1. The van der Waals surface area contributed by atoms with Gasteiger partial charge in [0.1, 0.15) is 5.75 Å². The van der Waals surface area contributed by atoms with Crippen LogP contribution in [0.5, 0.6) is 5.75 Å². The molecular formula is C29H39N3O4. The maximum atomic E-state index is 6.24. The first-order valence-corrected chi connectivity index (χ1v) is 13.3. The van der Waals surface area contributed by atoms with E-state index in [1.165, 1.54) is 18.4 Å². The SMILES string of the molecule is CN(C)Cc1c(OCCc2ccccc2)ccc2c(CCC3CCN(CC4OCCO4)CC3)noc12. The van der Waals surface area contributed by atoms with Crippen LogP contribution >= 0.6 is 0 Å². The predicted octanol–water partition coefficient (Wildman–Crippen LogP) is 4.53. The first-order chi connectivity index (χ1) is 17.7. The van der Waals surface area contributed by atoms with E-state index < -0.39 is 0 Å². The Morgan fingerprint density at radius 3 is 2.53 bits per heavy atom. The average molecular weight is 494 g/mol. The highest BCUT2D eigenvalue weighted by Crippen LogP contribution is 2.33. The number of hydrogen-bond acceptors (Lipinski definition) is 7. The Hall–Kier alpha value is -2.45. The smallest absolute Gasteiger partial charge is 0.175 e. The van der Waals surface area contributed by atoms with E-state index in [0.29, 0.717) is 6.61 Å². The molecule has 0 N–H and O–H groups in total. The van der Waals surface area contributed by atoms with Gasteiger partial charge in [0.05, 0.1) is 31.1 Å². The largest absolute Gasteiger partial charge is 0.493 e. The molecule has 0 spiro atoms. The van der Waals surface area contributed by atoms with Crippen molar-refractivity contribution in [2.45, 2.75) is 44.9 Å². The molecule has 0 atom stereocenters. The van der Waals surface area contributed by atoms with Gasteiger partial charge in [0.2, 0.25) is 0 Å². The summed E-state index contributed by atoms with van der Waals surface area (Å²) in [6, 6.07) is 14.7. The zero-order valence-corrected chi connectivity index (χ0v) is 21.7. The summed E-state index contributed by atoms with van der Waals surface area (Å²) < 4.78 is 23.4. The van der Waals surface area contributed by atoms with E-state index in [4.69, 9.17) is 18.7 Å². The summed E-state index contributed by atoms with van der Waals surface area (Å²) in [7, 11) is 4.14. The lowest BCUT2D eigenvalue weighted by Gasteiger charge is -2.32. The monoisotopic (exact) mass is 493 g/mol. The van der Waals surface area contributed by atoms with Crippen molar-refractivity contribution >= 4 is 11.0 Å². The molecule has 0 amide bonds. The van der Waals surface area contributed by atoms with Crippen molar-refractivity contribution < 1.29 is 18.7 Å². The lowest BCUT2D eigenvalue weighted by molar-refractivity contribution is -0.0661. The number of fused-ring (bicyclic) bond motifs is 1. The number of hydrogen-bond donors (Lipinski definition) is 0. The van der Waals surface area contributed by atoms with Crippen molar-refractivity contribution in [2.75, 3.05) is 53.6 Å². The molecule has 7 heteroatoms. The van der Waals surface area contributed by atoms with Crippen LogP contribution in [-0.2, 0) is 28.9 Å². The van der Waals surface area contributed by atoms with E-state index in [2.05, 4.69) is 65.5 Å². The van der Waals surface area contributed by atoms with Crippen LogP contribution in [0.15, 0.2) is 47.0 Å². The van der Waals surface area contributed by atoms with Gasteiger partial charge in [-0.2, -0.15) is 0 Å². The van der Waals surface area contributed by atoms with Gasteiger partial charge in [0.15, 0.2) is 11.9 Å². The van der Waals surface area contributed by atoms with Gasteiger partial charge < -0.3 is 23.6 Å². The van der Waals surface area contributed by atoms with Crippen LogP contribution in [0.2, 0.25) is 0 Å². The molecule has 0 unspecified atom stereocenters. The molecule has 2 saturated heterocycles. The van der Waals surface area contributed by atoms with E-state index in [1.807, 2.05) is 6.07 Å². The first-order valence-electron chi connectivity index (χ1n) is 13.3. The van der Waals surface area contributed by atoms with E-state index in [9.17, 15) is 0 Å². The van der Waals surface area contributed by atoms with E-state index in [-0.39, 0.29) is 6.29 Å². The molecule has 7 nitrogen and oxygen atoms in total. The van der Waals surface area contributed by atoms with Crippen LogP contribution in [-0.4, -0.2) is 74.8 Å². The van der Waals surface area contributed by atoms with E-state index in [0.717, 1.165) is 92.5 Å². The number of ether oxygens (including phenoxy) is 3. The zero-order chi connectivity index (χ0) is 24.7. The minimum Gasteiger partial charge on any atom is -0.493 e. The van der Waals surface area contributed by atoms with Crippen molar-refractivity contribution in [3.8, 4) is 5.75 Å². The second-order valence-electron chi connectivity index (χ2n) is 10.3. The molecule has 5 rings (SSSR count). The van der Waals surface area contributed by atoms with Gasteiger partial charge in [-0.25, -0.2) is 0 Å². The van der Waals surface area contributed by atoms with Crippen molar-refractivity contribution in [1.29, 1.82) is 0 Å². The van der Waals surface area contributed by atoms with Crippen LogP contribution in [0.1, 0.15) is 36.1 Å². The molecule has 36 heavy (non-hydrogen) atoms. The van der Waals surface area contributed by atoms with Crippen molar-refractivity contribution in [3.63, 3.8) is 0 Å². The molecule has 194 valence electrons. The van der Waals surface area contributed by atoms with Crippen LogP contribution in [0.25, 0.3) is 11.0 Å². The summed E-state index contributed by atoms with van der Waals surface area (Å²) in [5, 5.41) is 5.63. The average Bonchev–Trinajstić information content (AvgIpc) is 3.55. The van der Waals surface area contributed by atoms with Gasteiger partial charge in [-0.1, -0.05) is 35.5 Å². The summed E-state index contributed by atoms with van der Waals surface area (Å²) in [4.78, 5) is 4.63. The van der Waals surface area contributed by atoms with Crippen molar-refractivity contribution in [2.24, 2.45) is 5.92 Å². The second-order valence-corrected chi connectivity index (χ2v) is 10.3. The van der Waals surface area contributed by atoms with E-state index in [1.54, 1.807) is 0 Å². The predicted molar refractivity (Wildman–Crippen MR) is 140 cm³/mol. The third-order valence-electron chi connectivity index (χ3n) is 7.34. The lowest BCUT2D eigenvalue weighted by Crippen LogP contribution is -2.39. The zero-order valence-electron chi connectivity index (χ0n) is 21.7. The van der Waals surface area contributed by atoms with Crippen molar-refractivity contribution in [3.05, 3.63) is 59.3 Å². The number of rotatable bonds is 11. The summed E-state index contributed by atoms with van der Waals surface area (Å²) in [5.74, 6) is 1.61. The fourth-order valence-electron chi connectivity index (χ4n) is 5.32. The van der Waals surface area contributed by atoms with Gasteiger partial charge >= 0.3 is 0 Å². The molecule has 0 radical (unpaired) electrons. The van der Waals surface area contributed by atoms with Gasteiger partial charge in [-0.05, 0) is 76.5 Å². The highest BCUT2D eigenvalue weighted by atomic mass is 16.7. The quantitative estimate of drug-likeness (QED) is 0.389. The molecule has 2 aliphatic heterocycles. The molecule has 0 bridgehead atoms. The molecule has 3 aromatic rings. The van der Waals surface area contributed by atoms with Crippen LogP contribution in [0, 0.1) is 5.92 Å². The van der Waals surface area contributed by atoms with Gasteiger partial charge in [-0.3, -0.25) is 4.90 Å². The van der Waals surface area contributed by atoms with Gasteiger partial charge in [-0.15, -0.1) is 0 Å². The molecule has 2 aliphatic rings. The molecular weight excluding hydrogens is 454 g/mol. The molecule has 1 aromatic heterocycles. The Bertz CT molecular complexity index is 1090. The Kier molecular flexibility index (Phi) is 8.54. The minimum atomic E-state index is -0.0355. The van der Waals surface area contributed by atoms with Gasteiger partial charge in [0, 0.05) is 24.9 Å². The Labute approximate surface area is 214 Å². The fourth-order valence-corrected chi connectivity index (χ4v) is 5.32. The molecule has 0 saturated carbocycles. The Balaban J connectivity index is 1.19. The summed E-state index contributed by atoms with van der Waals surface area (Å²) >= 11 is 0. The summed E-state index contributed by atoms with van der Waals surface area (Å²) in [5.41, 5.74) is 4.29. The molecule has 3 heterocycles. The number of nitrogens with zero attached hydrogens (tertiary/aromatic N) is 3. The molecule has 0 aliphatic carbocycles. The van der Waals surface area contributed by atoms with E-state index >= 15 is 0 Å². The number of piperidine rings is 1. The summed E-state index contributed by atoms with van der Waals surface area (Å²) in [6.45, 7) is 5.96. The minimum absolute atomic E-state index is 0.0355. The normalized spacial score (nSPS) is 18.0. The third kappa shape index (κ3) is 6.45. The highest BCUT2D eigenvalue weighted by molar-refractivity contribution is 5.84. The maximum Gasteiger partial charge on any atom is 0.175 e. The van der Waals surface area contributed by atoms with Gasteiger partial charge in [0.25, 0.3) is 0 Å². The third-order valence-corrected chi connectivity index (χ3v) is 7.34. The van der Waals surface area contributed by atoms with Crippen LogP contribution in [0.4, 0.5) is 0 Å². The number of benzene rings is 2. The fraction of sp³-hybridized carbons (Fsp3) is 0.552. The Morgan fingerprint density at radius 1 is 1.00 bits per heavy atom. The maximum absolute atomic E-state index is 6.24. The molecule has 2 fully saturated rings. The second kappa shape index (κ2) is 12.2. The Morgan fingerprint density at radius 2 is 1.78 bits per heavy atom. The number of aryl methyl sites for hydroxylation is 1. The molecule has 2 aromatic carbocycles. The highest BCUT2D eigenvalue weighted by Gasteiger charge is 2.25.